The van der Waals surface area contributed by atoms with Gasteiger partial charge in [-0.15, -0.1) is 0 Å². The zero-order valence-electron chi connectivity index (χ0n) is 10.9. The predicted octanol–water partition coefficient (Wildman–Crippen LogP) is 1.72. The van der Waals surface area contributed by atoms with E-state index in [1.807, 2.05) is 4.68 Å². The molecule has 0 spiro atoms. The van der Waals surface area contributed by atoms with E-state index in [0.29, 0.717) is 18.6 Å². The Labute approximate surface area is 103 Å². The lowest BCUT2D eigenvalue weighted by Crippen LogP contribution is -2.35. The molecule has 2 rings (SSSR count). The summed E-state index contributed by atoms with van der Waals surface area (Å²) in [4.78, 5) is 0. The molecular weight excluding hydrogens is 214 g/mol. The van der Waals surface area contributed by atoms with Crippen LogP contribution in [0.4, 0.5) is 0 Å². The summed E-state index contributed by atoms with van der Waals surface area (Å²) in [5.41, 5.74) is 7.95. The Bertz CT molecular complexity index is 356. The second-order valence-corrected chi connectivity index (χ2v) is 4.80. The highest BCUT2D eigenvalue weighted by Crippen LogP contribution is 2.29. The highest BCUT2D eigenvalue weighted by molar-refractivity contribution is 5.09. The molecule has 0 saturated heterocycles. The smallest absolute Gasteiger partial charge is 0.0888 e. The van der Waals surface area contributed by atoms with Crippen molar-refractivity contribution in [2.45, 2.75) is 52.4 Å². The second kappa shape index (κ2) is 5.65. The maximum Gasteiger partial charge on any atom is 0.0888 e. The van der Waals surface area contributed by atoms with Crippen molar-refractivity contribution in [2.75, 3.05) is 6.54 Å². The molecule has 0 unspecified atom stereocenters. The minimum absolute atomic E-state index is 0.411. The molecule has 0 aliphatic heterocycles. The van der Waals surface area contributed by atoms with Crippen LogP contribution in [0, 0.1) is 5.92 Å². The van der Waals surface area contributed by atoms with E-state index >= 15 is 0 Å². The van der Waals surface area contributed by atoms with E-state index in [4.69, 9.17) is 10.5 Å². The number of nitrogens with zero attached hydrogens (tertiary/aromatic N) is 2. The van der Waals surface area contributed by atoms with Gasteiger partial charge in [-0.05, 0) is 44.7 Å². The van der Waals surface area contributed by atoms with E-state index in [1.54, 1.807) is 0 Å². The van der Waals surface area contributed by atoms with Crippen LogP contribution in [0.2, 0.25) is 0 Å². The van der Waals surface area contributed by atoms with Crippen molar-refractivity contribution in [2.24, 2.45) is 11.7 Å². The Morgan fingerprint density at radius 3 is 2.82 bits per heavy atom. The topological polar surface area (TPSA) is 53.1 Å². The maximum atomic E-state index is 5.88. The first-order chi connectivity index (χ1) is 8.26. The van der Waals surface area contributed by atoms with E-state index in [-0.39, 0.29) is 0 Å². The van der Waals surface area contributed by atoms with Crippen LogP contribution in [0.3, 0.4) is 0 Å². The number of rotatable bonds is 6. The van der Waals surface area contributed by atoms with Crippen molar-refractivity contribution in [1.82, 2.24) is 9.78 Å². The summed E-state index contributed by atoms with van der Waals surface area (Å²) in [6.07, 6.45) is 3.64. The maximum absolute atomic E-state index is 5.88. The summed E-state index contributed by atoms with van der Waals surface area (Å²) in [6.45, 7) is 6.64. The molecule has 1 aromatic heterocycles. The Morgan fingerprint density at radius 2 is 2.24 bits per heavy atom. The van der Waals surface area contributed by atoms with Gasteiger partial charge in [0.25, 0.3) is 0 Å². The molecule has 4 nitrogen and oxygen atoms in total. The fraction of sp³-hybridized carbons (Fsp3) is 0.769. The first-order valence-corrected chi connectivity index (χ1v) is 6.64. The summed E-state index contributed by atoms with van der Waals surface area (Å²) in [7, 11) is 0. The van der Waals surface area contributed by atoms with Gasteiger partial charge in [-0.3, -0.25) is 4.68 Å². The molecule has 1 fully saturated rings. The molecule has 0 atom stereocenters. The first kappa shape index (κ1) is 12.6. The van der Waals surface area contributed by atoms with Crippen LogP contribution in [0.5, 0.6) is 0 Å². The molecule has 17 heavy (non-hydrogen) atoms. The van der Waals surface area contributed by atoms with E-state index in [9.17, 15) is 0 Å². The monoisotopic (exact) mass is 237 g/mol. The van der Waals surface area contributed by atoms with Gasteiger partial charge in [0.05, 0.1) is 24.1 Å². The van der Waals surface area contributed by atoms with Gasteiger partial charge in [0, 0.05) is 6.54 Å². The zero-order valence-corrected chi connectivity index (χ0v) is 10.9. The summed E-state index contributed by atoms with van der Waals surface area (Å²) in [5.74, 6) is 0.683. The molecule has 0 bridgehead atoms. The number of nitrogens with two attached hydrogens (primary N) is 1. The molecule has 0 aromatic carbocycles. The van der Waals surface area contributed by atoms with Gasteiger partial charge in [-0.25, -0.2) is 0 Å². The normalized spacial score (nSPS) is 23.7. The lowest BCUT2D eigenvalue weighted by atomic mass is 9.82. The van der Waals surface area contributed by atoms with Crippen molar-refractivity contribution in [3.05, 3.63) is 17.5 Å². The van der Waals surface area contributed by atoms with Crippen molar-refractivity contribution in [1.29, 1.82) is 0 Å². The SMILES string of the molecule is CCc1cc(COC2CC(CN)C2)n(CC)n1. The Balaban J connectivity index is 1.84. The summed E-state index contributed by atoms with van der Waals surface area (Å²) < 4.78 is 7.92. The number of ether oxygens (including phenoxy) is 1. The fourth-order valence-corrected chi connectivity index (χ4v) is 2.28. The number of aromatic nitrogens is 2. The van der Waals surface area contributed by atoms with Gasteiger partial charge in [-0.1, -0.05) is 6.92 Å². The van der Waals surface area contributed by atoms with Crippen molar-refractivity contribution < 1.29 is 4.74 Å². The number of hydrogen-bond donors (Lipinski definition) is 1. The molecule has 1 aliphatic rings. The largest absolute Gasteiger partial charge is 0.372 e. The van der Waals surface area contributed by atoms with Crippen LogP contribution in [-0.4, -0.2) is 22.4 Å². The molecule has 1 heterocycles. The minimum atomic E-state index is 0.411. The minimum Gasteiger partial charge on any atom is -0.372 e. The highest BCUT2D eigenvalue weighted by atomic mass is 16.5. The highest BCUT2D eigenvalue weighted by Gasteiger charge is 2.28. The Morgan fingerprint density at radius 1 is 1.47 bits per heavy atom. The average molecular weight is 237 g/mol. The fourth-order valence-electron chi connectivity index (χ4n) is 2.28. The van der Waals surface area contributed by atoms with E-state index in [1.165, 1.54) is 5.69 Å². The van der Waals surface area contributed by atoms with Crippen LogP contribution in [0.15, 0.2) is 6.07 Å². The van der Waals surface area contributed by atoms with Gasteiger partial charge < -0.3 is 10.5 Å². The van der Waals surface area contributed by atoms with Gasteiger partial charge in [0.15, 0.2) is 0 Å². The predicted molar refractivity (Wildman–Crippen MR) is 67.6 cm³/mol. The molecule has 4 heteroatoms. The lowest BCUT2D eigenvalue weighted by Gasteiger charge is -2.34. The molecule has 0 radical (unpaired) electrons. The molecular formula is C13H23N3O. The van der Waals surface area contributed by atoms with Gasteiger partial charge in [-0.2, -0.15) is 5.10 Å². The van der Waals surface area contributed by atoms with Gasteiger partial charge in [0.2, 0.25) is 0 Å². The third-order valence-electron chi connectivity index (χ3n) is 3.57. The number of aryl methyl sites for hydroxylation is 2. The van der Waals surface area contributed by atoms with E-state index in [0.717, 1.165) is 38.0 Å². The van der Waals surface area contributed by atoms with Crippen LogP contribution >= 0.6 is 0 Å². The Kier molecular flexibility index (Phi) is 4.18. The quantitative estimate of drug-likeness (QED) is 0.819. The average Bonchev–Trinajstić information content (AvgIpc) is 2.70. The van der Waals surface area contributed by atoms with Crippen LogP contribution in [-0.2, 0) is 24.3 Å². The van der Waals surface area contributed by atoms with Crippen molar-refractivity contribution >= 4 is 0 Å². The lowest BCUT2D eigenvalue weighted by molar-refractivity contribution is -0.0398. The molecule has 0 amide bonds. The molecule has 1 saturated carbocycles. The standard InChI is InChI=1S/C13H23N3O/c1-3-11-7-12(16(4-2)15-11)9-17-13-5-10(6-13)8-14/h7,10,13H,3-6,8-9,14H2,1-2H3. The summed E-state index contributed by atoms with van der Waals surface area (Å²) in [5, 5.41) is 4.52. The molecule has 1 aliphatic carbocycles. The summed E-state index contributed by atoms with van der Waals surface area (Å²) in [6, 6.07) is 2.16. The van der Waals surface area contributed by atoms with Gasteiger partial charge in [0.1, 0.15) is 0 Å². The van der Waals surface area contributed by atoms with Crippen LogP contribution in [0.25, 0.3) is 0 Å². The second-order valence-electron chi connectivity index (χ2n) is 4.80. The molecule has 1 aromatic rings. The third-order valence-corrected chi connectivity index (χ3v) is 3.57. The van der Waals surface area contributed by atoms with Gasteiger partial charge >= 0.3 is 0 Å². The van der Waals surface area contributed by atoms with Crippen LogP contribution in [0.1, 0.15) is 38.1 Å². The van der Waals surface area contributed by atoms with E-state index in [2.05, 4.69) is 25.0 Å². The first-order valence-electron chi connectivity index (χ1n) is 6.64. The van der Waals surface area contributed by atoms with Crippen LogP contribution < -0.4 is 5.73 Å². The number of hydrogen-bond acceptors (Lipinski definition) is 3. The summed E-state index contributed by atoms with van der Waals surface area (Å²) >= 11 is 0. The van der Waals surface area contributed by atoms with Crippen molar-refractivity contribution in [3.63, 3.8) is 0 Å². The third kappa shape index (κ3) is 2.87. The zero-order chi connectivity index (χ0) is 12.3. The molecule has 2 N–H and O–H groups in total. The van der Waals surface area contributed by atoms with Crippen molar-refractivity contribution in [3.8, 4) is 0 Å². The Hall–Kier alpha value is -0.870. The molecule has 96 valence electrons. The van der Waals surface area contributed by atoms with E-state index < -0.39 is 0 Å².